The second-order valence-electron chi connectivity index (χ2n) is 8.70. The lowest BCUT2D eigenvalue weighted by molar-refractivity contribution is -0.385. The molecule has 178 valence electrons. The van der Waals surface area contributed by atoms with Crippen LogP contribution < -0.4 is 9.64 Å². The van der Waals surface area contributed by atoms with E-state index in [1.165, 1.54) is 48.4 Å². The summed E-state index contributed by atoms with van der Waals surface area (Å²) in [5.74, 6) is -2.27. The van der Waals surface area contributed by atoms with Crippen LogP contribution in [0.3, 0.4) is 0 Å². The fourth-order valence-corrected chi connectivity index (χ4v) is 5.21. The van der Waals surface area contributed by atoms with E-state index in [4.69, 9.17) is 9.47 Å². The summed E-state index contributed by atoms with van der Waals surface area (Å²) in [4.78, 5) is 62.3. The fraction of sp³-hybridized carbons (Fsp3) is 0.280. The molecule has 0 spiro atoms. The first-order valence-electron chi connectivity index (χ1n) is 11.0. The van der Waals surface area contributed by atoms with E-state index >= 15 is 0 Å². The Bertz CT molecular complexity index is 1270. The van der Waals surface area contributed by atoms with E-state index < -0.39 is 23.3 Å². The number of nitro benzene ring substituents is 1. The number of ether oxygens (including phenoxy) is 2. The summed E-state index contributed by atoms with van der Waals surface area (Å²) in [6, 6.07) is 9.53. The van der Waals surface area contributed by atoms with Crippen molar-refractivity contribution in [2.24, 2.45) is 23.7 Å². The second kappa shape index (κ2) is 8.46. The largest absolute Gasteiger partial charge is 0.490 e. The zero-order chi connectivity index (χ0) is 24.9. The maximum atomic E-state index is 12.9. The molecule has 0 N–H and O–H groups in total. The van der Waals surface area contributed by atoms with Crippen molar-refractivity contribution >= 4 is 34.9 Å². The number of nitro groups is 1. The number of amides is 2. The zero-order valence-electron chi connectivity index (χ0n) is 18.6. The summed E-state index contributed by atoms with van der Waals surface area (Å²) in [5, 5.41) is 11.1. The number of allylic oxidation sites excluding steroid dienone is 2. The molecule has 1 heterocycles. The Hall–Kier alpha value is -4.34. The Morgan fingerprint density at radius 3 is 2.17 bits per heavy atom. The molecular formula is C25H20N2O8. The molecule has 4 unspecified atom stereocenters. The predicted octanol–water partition coefficient (Wildman–Crippen LogP) is 2.95. The van der Waals surface area contributed by atoms with Crippen LogP contribution in [0, 0.1) is 33.8 Å². The molecule has 4 atom stereocenters. The quantitative estimate of drug-likeness (QED) is 0.149. The van der Waals surface area contributed by atoms with Gasteiger partial charge in [0.1, 0.15) is 0 Å². The van der Waals surface area contributed by atoms with Crippen LogP contribution in [0.4, 0.5) is 11.4 Å². The lowest BCUT2D eigenvalue weighted by Gasteiger charge is -2.17. The molecule has 10 nitrogen and oxygen atoms in total. The molecule has 0 aromatic heterocycles. The zero-order valence-corrected chi connectivity index (χ0v) is 18.6. The maximum Gasteiger partial charge on any atom is 0.338 e. The van der Waals surface area contributed by atoms with Gasteiger partial charge in [0.15, 0.2) is 12.4 Å². The first-order valence-corrected chi connectivity index (χ1v) is 11.0. The average Bonchev–Trinajstić information content (AvgIpc) is 3.55. The Morgan fingerprint density at radius 1 is 1.00 bits per heavy atom. The van der Waals surface area contributed by atoms with Crippen LogP contribution in [-0.2, 0) is 14.3 Å². The number of ketones is 1. The van der Waals surface area contributed by atoms with Crippen LogP contribution in [0.15, 0.2) is 54.6 Å². The fourth-order valence-electron chi connectivity index (χ4n) is 5.21. The van der Waals surface area contributed by atoms with Crippen LogP contribution in [0.2, 0.25) is 0 Å². The Kier molecular flexibility index (Phi) is 5.43. The van der Waals surface area contributed by atoms with Crippen molar-refractivity contribution in [3.63, 3.8) is 0 Å². The smallest absolute Gasteiger partial charge is 0.338 e. The number of imide groups is 1. The highest BCUT2D eigenvalue weighted by Crippen LogP contribution is 2.53. The highest BCUT2D eigenvalue weighted by Gasteiger charge is 2.59. The van der Waals surface area contributed by atoms with E-state index in [0.29, 0.717) is 5.69 Å². The monoisotopic (exact) mass is 476 g/mol. The molecule has 2 aromatic rings. The van der Waals surface area contributed by atoms with Gasteiger partial charge in [-0.25, -0.2) is 4.79 Å². The summed E-state index contributed by atoms with van der Waals surface area (Å²) >= 11 is 0. The van der Waals surface area contributed by atoms with Crippen LogP contribution in [-0.4, -0.2) is 42.2 Å². The van der Waals surface area contributed by atoms with E-state index in [9.17, 15) is 29.3 Å². The number of Topliss-reactive ketones (excluding diaryl/α,β-unsaturated/α-hetero) is 1. The van der Waals surface area contributed by atoms with E-state index in [1.54, 1.807) is 0 Å². The second-order valence-corrected chi connectivity index (χ2v) is 8.70. The van der Waals surface area contributed by atoms with E-state index in [0.717, 1.165) is 12.5 Å². The molecule has 2 bridgehead atoms. The summed E-state index contributed by atoms with van der Waals surface area (Å²) in [7, 11) is 1.28. The molecule has 5 rings (SSSR count). The number of carbonyl (C=O) groups excluding carboxylic acids is 4. The van der Waals surface area contributed by atoms with Gasteiger partial charge in [0.2, 0.25) is 17.6 Å². The molecule has 1 saturated heterocycles. The number of esters is 1. The molecule has 2 aromatic carbocycles. The molecule has 3 aliphatic rings. The number of fused-ring (bicyclic) bond motifs is 5. The molecule has 1 aliphatic heterocycles. The minimum atomic E-state index is -0.786. The Labute approximate surface area is 199 Å². The first-order chi connectivity index (χ1) is 16.8. The van der Waals surface area contributed by atoms with Crippen molar-refractivity contribution in [3.8, 4) is 5.75 Å². The number of rotatable bonds is 7. The number of anilines is 1. The highest BCUT2D eigenvalue weighted by molar-refractivity contribution is 6.22. The van der Waals surface area contributed by atoms with Crippen LogP contribution in [0.5, 0.6) is 5.75 Å². The number of hydrogen-bond donors (Lipinski definition) is 0. The van der Waals surface area contributed by atoms with Crippen molar-refractivity contribution in [2.45, 2.75) is 6.42 Å². The van der Waals surface area contributed by atoms with Gasteiger partial charge in [-0.2, -0.15) is 0 Å². The molecule has 1 saturated carbocycles. The topological polar surface area (TPSA) is 133 Å². The van der Waals surface area contributed by atoms with Crippen LogP contribution in [0.25, 0.3) is 0 Å². The van der Waals surface area contributed by atoms with E-state index in [1.807, 2.05) is 12.2 Å². The van der Waals surface area contributed by atoms with Gasteiger partial charge >= 0.3 is 11.7 Å². The van der Waals surface area contributed by atoms with Gasteiger partial charge in [0.25, 0.3) is 0 Å². The molecule has 2 amide bonds. The first kappa shape index (κ1) is 22.5. The molecule has 2 aliphatic carbocycles. The van der Waals surface area contributed by atoms with Gasteiger partial charge in [0, 0.05) is 11.6 Å². The van der Waals surface area contributed by atoms with Gasteiger partial charge in [-0.3, -0.25) is 29.4 Å². The average molecular weight is 476 g/mol. The van der Waals surface area contributed by atoms with Gasteiger partial charge < -0.3 is 9.47 Å². The van der Waals surface area contributed by atoms with Gasteiger partial charge in [-0.15, -0.1) is 0 Å². The third kappa shape index (κ3) is 3.67. The van der Waals surface area contributed by atoms with Crippen LogP contribution >= 0.6 is 0 Å². The number of nitrogens with zero attached hydrogens (tertiary/aromatic N) is 2. The Morgan fingerprint density at radius 2 is 1.60 bits per heavy atom. The summed E-state index contributed by atoms with van der Waals surface area (Å²) in [5.41, 5.74) is 0.134. The summed E-state index contributed by atoms with van der Waals surface area (Å²) in [6.07, 6.45) is 4.88. The van der Waals surface area contributed by atoms with Crippen LogP contribution in [0.1, 0.15) is 27.1 Å². The Balaban J connectivity index is 1.24. The van der Waals surface area contributed by atoms with E-state index in [2.05, 4.69) is 0 Å². The minimum Gasteiger partial charge on any atom is -0.490 e. The van der Waals surface area contributed by atoms with Gasteiger partial charge in [0.05, 0.1) is 35.1 Å². The minimum absolute atomic E-state index is 0.000659. The number of benzene rings is 2. The normalized spacial score (nSPS) is 24.0. The molecular weight excluding hydrogens is 456 g/mol. The van der Waals surface area contributed by atoms with Crippen molar-refractivity contribution < 1.29 is 33.6 Å². The van der Waals surface area contributed by atoms with E-state index in [-0.39, 0.29) is 58.0 Å². The van der Waals surface area contributed by atoms with Crippen molar-refractivity contribution in [2.75, 3.05) is 18.6 Å². The summed E-state index contributed by atoms with van der Waals surface area (Å²) < 4.78 is 9.97. The molecule has 35 heavy (non-hydrogen) atoms. The number of carbonyl (C=O) groups is 4. The third-order valence-corrected chi connectivity index (χ3v) is 6.86. The summed E-state index contributed by atoms with van der Waals surface area (Å²) in [6.45, 7) is -0.619. The SMILES string of the molecule is COc1ccc(C(=O)COC(=O)c2ccc(N3C(=O)C4C5C=CC(C5)C4C3=O)cc2)cc1[N+](=O)[O-]. The highest BCUT2D eigenvalue weighted by atomic mass is 16.6. The number of methoxy groups -OCH3 is 1. The predicted molar refractivity (Wildman–Crippen MR) is 121 cm³/mol. The molecule has 2 fully saturated rings. The van der Waals surface area contributed by atoms with Gasteiger partial charge in [-0.05, 0) is 54.7 Å². The molecule has 0 radical (unpaired) electrons. The van der Waals surface area contributed by atoms with Crippen molar-refractivity contribution in [1.82, 2.24) is 0 Å². The number of hydrogen-bond acceptors (Lipinski definition) is 8. The van der Waals surface area contributed by atoms with Crippen molar-refractivity contribution in [3.05, 3.63) is 75.9 Å². The molecule has 10 heteroatoms. The standard InChI is InChI=1S/C25H20N2O8/c1-34-20-9-6-14(11-18(20)27(32)33)19(28)12-35-25(31)13-4-7-17(8-5-13)26-23(29)21-15-2-3-16(10-15)22(21)24(26)30/h2-9,11,15-16,21-22H,10,12H2,1H3. The lowest BCUT2D eigenvalue weighted by Crippen LogP contribution is -2.32. The third-order valence-electron chi connectivity index (χ3n) is 6.86. The maximum absolute atomic E-state index is 12.9. The lowest BCUT2D eigenvalue weighted by atomic mass is 9.85. The van der Waals surface area contributed by atoms with Gasteiger partial charge in [-0.1, -0.05) is 12.2 Å². The van der Waals surface area contributed by atoms with Crippen molar-refractivity contribution in [1.29, 1.82) is 0 Å².